The molecule has 1 aliphatic heterocycles. The normalized spacial score (nSPS) is 20.2. The van der Waals surface area contributed by atoms with Crippen LogP contribution < -0.4 is 10.6 Å². The predicted molar refractivity (Wildman–Crippen MR) is 69.7 cm³/mol. The lowest BCUT2D eigenvalue weighted by Gasteiger charge is -2.30. The number of likely N-dealkylation sites (N-methyl/N-ethyl adjacent to an activating group) is 1. The Morgan fingerprint density at radius 1 is 1.47 bits per heavy atom. The van der Waals surface area contributed by atoms with E-state index in [2.05, 4.69) is 23.9 Å². The molecule has 0 saturated carbocycles. The van der Waals surface area contributed by atoms with Gasteiger partial charge in [-0.1, -0.05) is 0 Å². The molecular weight excluding hydrogens is 217 g/mol. The van der Waals surface area contributed by atoms with E-state index >= 15 is 0 Å². The highest BCUT2D eigenvalue weighted by atomic mass is 19.1. The molecule has 0 amide bonds. The summed E-state index contributed by atoms with van der Waals surface area (Å²) < 4.78 is 13.0. The first-order valence-electron chi connectivity index (χ1n) is 6.04. The van der Waals surface area contributed by atoms with Gasteiger partial charge in [-0.2, -0.15) is 0 Å². The van der Waals surface area contributed by atoms with E-state index in [4.69, 9.17) is 5.73 Å². The van der Waals surface area contributed by atoms with Crippen LogP contribution in [0.1, 0.15) is 12.8 Å². The molecule has 1 aliphatic rings. The Labute approximate surface area is 102 Å². The average molecular weight is 237 g/mol. The Bertz CT molecular complexity index is 392. The zero-order valence-corrected chi connectivity index (χ0v) is 10.5. The Kier molecular flexibility index (Phi) is 3.52. The van der Waals surface area contributed by atoms with E-state index < -0.39 is 0 Å². The fourth-order valence-corrected chi connectivity index (χ4v) is 2.55. The molecule has 1 atom stereocenters. The quantitative estimate of drug-likeness (QED) is 0.815. The minimum atomic E-state index is -0.269. The number of nitrogens with two attached hydrogens (primary N) is 1. The van der Waals surface area contributed by atoms with E-state index in [1.54, 1.807) is 6.07 Å². The van der Waals surface area contributed by atoms with E-state index in [-0.39, 0.29) is 5.82 Å². The van der Waals surface area contributed by atoms with Crippen LogP contribution in [-0.2, 0) is 0 Å². The summed E-state index contributed by atoms with van der Waals surface area (Å²) in [7, 11) is 4.15. The standard InChI is InChI=1S/C13H20FN3/c1-16(2)9-11-4-3-7-17(11)13-6-5-10(14)8-12(13)15/h5-6,8,11H,3-4,7,9,15H2,1-2H3. The Hall–Kier alpha value is -1.29. The van der Waals surface area contributed by atoms with Gasteiger partial charge in [0.25, 0.3) is 0 Å². The number of nitrogens with zero attached hydrogens (tertiary/aromatic N) is 2. The van der Waals surface area contributed by atoms with E-state index in [0.29, 0.717) is 11.7 Å². The summed E-state index contributed by atoms with van der Waals surface area (Å²) in [6.07, 6.45) is 2.35. The first-order chi connectivity index (χ1) is 8.08. The molecule has 0 radical (unpaired) electrons. The van der Waals surface area contributed by atoms with E-state index in [0.717, 1.165) is 18.8 Å². The van der Waals surface area contributed by atoms with Crippen LogP contribution in [0.25, 0.3) is 0 Å². The van der Waals surface area contributed by atoms with Gasteiger partial charge < -0.3 is 15.5 Å². The van der Waals surface area contributed by atoms with Crippen LogP contribution >= 0.6 is 0 Å². The molecule has 94 valence electrons. The lowest BCUT2D eigenvalue weighted by molar-refractivity contribution is 0.372. The summed E-state index contributed by atoms with van der Waals surface area (Å²) >= 11 is 0. The lowest BCUT2D eigenvalue weighted by Crippen LogP contribution is -2.37. The SMILES string of the molecule is CN(C)CC1CCCN1c1ccc(F)cc1N. The van der Waals surface area contributed by atoms with Crippen LogP contribution in [-0.4, -0.2) is 38.1 Å². The molecule has 1 fully saturated rings. The van der Waals surface area contributed by atoms with Crippen molar-refractivity contribution in [2.45, 2.75) is 18.9 Å². The van der Waals surface area contributed by atoms with Crippen molar-refractivity contribution in [1.29, 1.82) is 0 Å². The summed E-state index contributed by atoms with van der Waals surface area (Å²) in [6.45, 7) is 2.02. The monoisotopic (exact) mass is 237 g/mol. The number of anilines is 2. The summed E-state index contributed by atoms with van der Waals surface area (Å²) in [4.78, 5) is 4.48. The van der Waals surface area contributed by atoms with Gasteiger partial charge in [-0.3, -0.25) is 0 Å². The smallest absolute Gasteiger partial charge is 0.125 e. The fourth-order valence-electron chi connectivity index (χ4n) is 2.55. The predicted octanol–water partition coefficient (Wildman–Crippen LogP) is 1.94. The maximum absolute atomic E-state index is 13.0. The minimum Gasteiger partial charge on any atom is -0.397 e. The van der Waals surface area contributed by atoms with Crippen molar-refractivity contribution in [2.75, 3.05) is 37.8 Å². The minimum absolute atomic E-state index is 0.269. The maximum atomic E-state index is 13.0. The Morgan fingerprint density at radius 3 is 2.88 bits per heavy atom. The maximum Gasteiger partial charge on any atom is 0.125 e. The molecule has 1 saturated heterocycles. The van der Waals surface area contributed by atoms with E-state index in [1.807, 2.05) is 0 Å². The van der Waals surface area contributed by atoms with Gasteiger partial charge in [0, 0.05) is 19.1 Å². The summed E-state index contributed by atoms with van der Waals surface area (Å²) in [6, 6.07) is 5.16. The molecule has 1 aromatic rings. The first-order valence-corrected chi connectivity index (χ1v) is 6.04. The van der Waals surface area contributed by atoms with E-state index in [1.165, 1.54) is 25.0 Å². The van der Waals surface area contributed by atoms with Gasteiger partial charge in [-0.15, -0.1) is 0 Å². The van der Waals surface area contributed by atoms with E-state index in [9.17, 15) is 4.39 Å². The molecule has 1 aromatic carbocycles. The third-order valence-electron chi connectivity index (χ3n) is 3.25. The van der Waals surface area contributed by atoms with Crippen LogP contribution in [0.3, 0.4) is 0 Å². The second-order valence-corrected chi connectivity index (χ2v) is 4.95. The molecule has 4 heteroatoms. The highest BCUT2D eigenvalue weighted by Gasteiger charge is 2.26. The summed E-state index contributed by atoms with van der Waals surface area (Å²) in [5.41, 5.74) is 7.40. The van der Waals surface area contributed by atoms with Crippen LogP contribution in [0.4, 0.5) is 15.8 Å². The zero-order valence-electron chi connectivity index (χ0n) is 10.5. The number of benzene rings is 1. The second kappa shape index (κ2) is 4.92. The van der Waals surface area contributed by atoms with Crippen molar-refractivity contribution in [2.24, 2.45) is 0 Å². The number of hydrogen-bond donors (Lipinski definition) is 1. The third kappa shape index (κ3) is 2.69. The van der Waals surface area contributed by atoms with Crippen LogP contribution in [0, 0.1) is 5.82 Å². The number of rotatable bonds is 3. The molecule has 17 heavy (non-hydrogen) atoms. The number of nitrogen functional groups attached to an aromatic ring is 1. The molecule has 2 rings (SSSR count). The van der Waals surface area contributed by atoms with Gasteiger partial charge in [0.1, 0.15) is 5.82 Å². The van der Waals surface area contributed by atoms with Gasteiger partial charge in [0.05, 0.1) is 11.4 Å². The highest BCUT2D eigenvalue weighted by molar-refractivity contribution is 5.68. The largest absolute Gasteiger partial charge is 0.397 e. The van der Waals surface area contributed by atoms with Gasteiger partial charge in [0.2, 0.25) is 0 Å². The van der Waals surface area contributed by atoms with Crippen LogP contribution in [0.5, 0.6) is 0 Å². The highest BCUT2D eigenvalue weighted by Crippen LogP contribution is 2.30. The van der Waals surface area contributed by atoms with Gasteiger partial charge >= 0.3 is 0 Å². The molecule has 1 unspecified atom stereocenters. The van der Waals surface area contributed by atoms with Crippen molar-refractivity contribution < 1.29 is 4.39 Å². The van der Waals surface area contributed by atoms with Crippen molar-refractivity contribution in [1.82, 2.24) is 4.90 Å². The second-order valence-electron chi connectivity index (χ2n) is 4.95. The number of halogens is 1. The first kappa shape index (κ1) is 12.2. The fraction of sp³-hybridized carbons (Fsp3) is 0.538. The molecule has 2 N–H and O–H groups in total. The average Bonchev–Trinajstić information content (AvgIpc) is 2.65. The van der Waals surface area contributed by atoms with Crippen LogP contribution in [0.15, 0.2) is 18.2 Å². The van der Waals surface area contributed by atoms with Crippen LogP contribution in [0.2, 0.25) is 0 Å². The van der Waals surface area contributed by atoms with Crippen molar-refractivity contribution in [3.05, 3.63) is 24.0 Å². The third-order valence-corrected chi connectivity index (χ3v) is 3.25. The Balaban J connectivity index is 2.20. The molecule has 3 nitrogen and oxygen atoms in total. The molecule has 1 heterocycles. The molecule has 0 aliphatic carbocycles. The number of hydrogen-bond acceptors (Lipinski definition) is 3. The van der Waals surface area contributed by atoms with Gasteiger partial charge in [-0.05, 0) is 45.1 Å². The van der Waals surface area contributed by atoms with Crippen molar-refractivity contribution >= 4 is 11.4 Å². The lowest BCUT2D eigenvalue weighted by atomic mass is 10.2. The molecule has 0 bridgehead atoms. The van der Waals surface area contributed by atoms with Crippen molar-refractivity contribution in [3.8, 4) is 0 Å². The summed E-state index contributed by atoms with van der Waals surface area (Å²) in [5.74, 6) is -0.269. The molecule has 0 aromatic heterocycles. The molecular formula is C13H20FN3. The molecule has 0 spiro atoms. The Morgan fingerprint density at radius 2 is 2.24 bits per heavy atom. The van der Waals surface area contributed by atoms with Crippen molar-refractivity contribution in [3.63, 3.8) is 0 Å². The topological polar surface area (TPSA) is 32.5 Å². The van der Waals surface area contributed by atoms with Gasteiger partial charge in [0.15, 0.2) is 0 Å². The zero-order chi connectivity index (χ0) is 12.4. The van der Waals surface area contributed by atoms with Gasteiger partial charge in [-0.25, -0.2) is 4.39 Å². The summed E-state index contributed by atoms with van der Waals surface area (Å²) in [5, 5.41) is 0.